The van der Waals surface area contributed by atoms with Crippen molar-refractivity contribution in [3.63, 3.8) is 0 Å². The number of carbonyl (C=O) groups is 1. The van der Waals surface area contributed by atoms with E-state index in [1.54, 1.807) is 0 Å². The molecule has 1 aliphatic heterocycles. The first kappa shape index (κ1) is 13.6. The Balaban J connectivity index is 1.89. The lowest BCUT2D eigenvalue weighted by Gasteiger charge is -2.20. The highest BCUT2D eigenvalue weighted by Crippen LogP contribution is 2.24. The Labute approximate surface area is 131 Å². The third-order valence-corrected chi connectivity index (χ3v) is 4.45. The van der Waals surface area contributed by atoms with Crippen LogP contribution in [0.1, 0.15) is 21.5 Å². The third kappa shape index (κ3) is 2.71. The summed E-state index contributed by atoms with van der Waals surface area (Å²) in [5.41, 5.74) is 4.16. The van der Waals surface area contributed by atoms with E-state index in [-0.39, 0.29) is 5.91 Å². The van der Waals surface area contributed by atoms with Gasteiger partial charge in [0.2, 0.25) is 0 Å². The first-order valence-corrected chi connectivity index (χ1v) is 7.71. The Morgan fingerprint density at radius 1 is 1.15 bits per heavy atom. The van der Waals surface area contributed by atoms with Gasteiger partial charge in [-0.15, -0.1) is 0 Å². The molecule has 20 heavy (non-hydrogen) atoms. The smallest absolute Gasteiger partial charge is 0.256 e. The van der Waals surface area contributed by atoms with Crippen LogP contribution >= 0.6 is 22.6 Å². The Bertz CT molecular complexity index is 655. The van der Waals surface area contributed by atoms with Crippen LogP contribution in [0.25, 0.3) is 0 Å². The molecule has 1 heterocycles. The number of hydrogen-bond donors (Lipinski definition) is 2. The summed E-state index contributed by atoms with van der Waals surface area (Å²) in [6.45, 7) is 1.82. The van der Waals surface area contributed by atoms with Crippen molar-refractivity contribution in [1.82, 2.24) is 5.32 Å². The summed E-state index contributed by atoms with van der Waals surface area (Å²) >= 11 is 2.19. The van der Waals surface area contributed by atoms with Gasteiger partial charge in [-0.3, -0.25) is 4.79 Å². The van der Waals surface area contributed by atoms with Crippen molar-refractivity contribution in [2.75, 3.05) is 11.9 Å². The van der Waals surface area contributed by atoms with Crippen molar-refractivity contribution < 1.29 is 4.79 Å². The largest absolute Gasteiger partial charge is 0.322 e. The van der Waals surface area contributed by atoms with Crippen LogP contribution in [0, 0.1) is 3.57 Å². The van der Waals surface area contributed by atoms with E-state index in [2.05, 4.69) is 39.3 Å². The van der Waals surface area contributed by atoms with E-state index >= 15 is 0 Å². The molecule has 0 saturated carbocycles. The summed E-state index contributed by atoms with van der Waals surface area (Å²) in [7, 11) is 0. The molecule has 0 spiro atoms. The van der Waals surface area contributed by atoms with Gasteiger partial charge < -0.3 is 10.6 Å². The maximum absolute atomic E-state index is 12.4. The summed E-state index contributed by atoms with van der Waals surface area (Å²) in [5, 5.41) is 6.40. The molecule has 0 bridgehead atoms. The minimum atomic E-state index is -0.0472. The number of anilines is 1. The van der Waals surface area contributed by atoms with E-state index in [4.69, 9.17) is 0 Å². The highest BCUT2D eigenvalue weighted by Gasteiger charge is 2.15. The van der Waals surface area contributed by atoms with Gasteiger partial charge in [0.05, 0.1) is 5.56 Å². The van der Waals surface area contributed by atoms with Crippen LogP contribution in [0.2, 0.25) is 0 Å². The molecule has 3 nitrogen and oxygen atoms in total. The van der Waals surface area contributed by atoms with Crippen molar-refractivity contribution in [1.29, 1.82) is 0 Å². The van der Waals surface area contributed by atoms with Crippen LogP contribution in [-0.2, 0) is 13.0 Å². The van der Waals surface area contributed by atoms with Crippen LogP contribution in [-0.4, -0.2) is 12.5 Å². The average molecular weight is 378 g/mol. The summed E-state index contributed by atoms with van der Waals surface area (Å²) in [5.74, 6) is -0.0472. The number of fused-ring (bicyclic) bond motifs is 1. The van der Waals surface area contributed by atoms with Crippen molar-refractivity contribution >= 4 is 34.2 Å². The second kappa shape index (κ2) is 5.93. The molecular formula is C16H15IN2O. The third-order valence-electron chi connectivity index (χ3n) is 3.51. The molecule has 102 valence electrons. The molecule has 1 aliphatic rings. The molecule has 4 heteroatoms. The number of hydrogen-bond acceptors (Lipinski definition) is 2. The first-order chi connectivity index (χ1) is 9.75. The molecular weight excluding hydrogens is 363 g/mol. The number of carbonyl (C=O) groups excluding carboxylic acids is 1. The minimum Gasteiger partial charge on any atom is -0.322 e. The topological polar surface area (TPSA) is 41.1 Å². The fraction of sp³-hybridized carbons (Fsp3) is 0.188. The molecule has 2 N–H and O–H groups in total. The van der Waals surface area contributed by atoms with Gasteiger partial charge >= 0.3 is 0 Å². The number of amides is 1. The second-order valence-corrected chi connectivity index (χ2v) is 5.97. The van der Waals surface area contributed by atoms with Gasteiger partial charge in [0.25, 0.3) is 5.91 Å². The van der Waals surface area contributed by atoms with E-state index in [0.717, 1.165) is 34.3 Å². The minimum absolute atomic E-state index is 0.0472. The predicted molar refractivity (Wildman–Crippen MR) is 89.0 cm³/mol. The number of nitrogens with one attached hydrogen (secondary N) is 2. The van der Waals surface area contributed by atoms with Gasteiger partial charge in [-0.1, -0.05) is 24.3 Å². The predicted octanol–water partition coefficient (Wildman–Crippen LogP) is 3.19. The van der Waals surface area contributed by atoms with Crippen LogP contribution in [0.15, 0.2) is 42.5 Å². The van der Waals surface area contributed by atoms with Gasteiger partial charge in [0.15, 0.2) is 0 Å². The fourth-order valence-electron chi connectivity index (χ4n) is 2.47. The number of halogens is 1. The second-order valence-electron chi connectivity index (χ2n) is 4.80. The summed E-state index contributed by atoms with van der Waals surface area (Å²) in [6.07, 6.45) is 1.02. The fourth-order valence-corrected chi connectivity index (χ4v) is 3.10. The molecule has 0 radical (unpaired) electrons. The molecule has 3 rings (SSSR count). The van der Waals surface area contributed by atoms with Crippen LogP contribution < -0.4 is 10.6 Å². The van der Waals surface area contributed by atoms with Crippen LogP contribution in [0.5, 0.6) is 0 Å². The van der Waals surface area contributed by atoms with Gasteiger partial charge in [-0.25, -0.2) is 0 Å². The maximum Gasteiger partial charge on any atom is 0.256 e. The first-order valence-electron chi connectivity index (χ1n) is 6.63. The Morgan fingerprint density at radius 3 is 2.85 bits per heavy atom. The highest BCUT2D eigenvalue weighted by atomic mass is 127. The zero-order valence-corrected chi connectivity index (χ0v) is 13.1. The molecule has 0 unspecified atom stereocenters. The molecule has 1 amide bonds. The zero-order chi connectivity index (χ0) is 13.9. The van der Waals surface area contributed by atoms with Gasteiger partial charge in [0.1, 0.15) is 0 Å². The molecule has 0 saturated heterocycles. The molecule has 0 aliphatic carbocycles. The van der Waals surface area contributed by atoms with E-state index in [0.29, 0.717) is 0 Å². The Hall–Kier alpha value is -1.40. The normalized spacial score (nSPS) is 13.7. The van der Waals surface area contributed by atoms with E-state index in [1.165, 1.54) is 11.1 Å². The molecule has 2 aromatic rings. The molecule has 0 fully saturated rings. The number of rotatable bonds is 2. The summed E-state index contributed by atoms with van der Waals surface area (Å²) in [6, 6.07) is 13.7. The number of benzene rings is 2. The van der Waals surface area contributed by atoms with Gasteiger partial charge in [-0.2, -0.15) is 0 Å². The average Bonchev–Trinajstić information content (AvgIpc) is 2.48. The van der Waals surface area contributed by atoms with E-state index in [1.807, 2.05) is 36.4 Å². The standard InChI is InChI=1S/C16H15IN2O/c17-14-6-2-1-5-12(14)16(20)19-15-7-3-4-11-8-9-18-10-13(11)15/h1-7,18H,8-10H2,(H,19,20). The monoisotopic (exact) mass is 378 g/mol. The Kier molecular flexibility index (Phi) is 4.03. The summed E-state index contributed by atoms with van der Waals surface area (Å²) < 4.78 is 0.963. The lowest BCUT2D eigenvalue weighted by Crippen LogP contribution is -2.25. The van der Waals surface area contributed by atoms with Crippen LogP contribution in [0.3, 0.4) is 0 Å². The summed E-state index contributed by atoms with van der Waals surface area (Å²) in [4.78, 5) is 12.4. The SMILES string of the molecule is O=C(Nc1cccc2c1CNCC2)c1ccccc1I. The van der Waals surface area contributed by atoms with Crippen molar-refractivity contribution in [3.8, 4) is 0 Å². The van der Waals surface area contributed by atoms with E-state index < -0.39 is 0 Å². The van der Waals surface area contributed by atoms with E-state index in [9.17, 15) is 4.79 Å². The highest BCUT2D eigenvalue weighted by molar-refractivity contribution is 14.1. The lowest BCUT2D eigenvalue weighted by atomic mass is 9.99. The van der Waals surface area contributed by atoms with Crippen molar-refractivity contribution in [2.24, 2.45) is 0 Å². The quantitative estimate of drug-likeness (QED) is 0.789. The van der Waals surface area contributed by atoms with Crippen molar-refractivity contribution in [2.45, 2.75) is 13.0 Å². The maximum atomic E-state index is 12.4. The molecule has 0 aromatic heterocycles. The van der Waals surface area contributed by atoms with Gasteiger partial charge in [0, 0.05) is 15.8 Å². The Morgan fingerprint density at radius 2 is 2.00 bits per heavy atom. The molecule has 2 aromatic carbocycles. The van der Waals surface area contributed by atoms with Gasteiger partial charge in [-0.05, 0) is 64.9 Å². The lowest BCUT2D eigenvalue weighted by molar-refractivity contribution is 0.102. The molecule has 0 atom stereocenters. The zero-order valence-electron chi connectivity index (χ0n) is 10.9. The van der Waals surface area contributed by atoms with Crippen molar-refractivity contribution in [3.05, 3.63) is 62.7 Å². The van der Waals surface area contributed by atoms with Crippen LogP contribution in [0.4, 0.5) is 5.69 Å².